The van der Waals surface area contributed by atoms with E-state index in [0.29, 0.717) is 5.92 Å². The van der Waals surface area contributed by atoms with Crippen molar-refractivity contribution in [3.63, 3.8) is 0 Å². The van der Waals surface area contributed by atoms with Gasteiger partial charge in [0, 0.05) is 11.2 Å². The molecular weight excluding hydrogens is 248 g/mol. The smallest absolute Gasteiger partial charge is 0.00401 e. The molecule has 0 heterocycles. The van der Waals surface area contributed by atoms with Crippen molar-refractivity contribution >= 4 is 22.0 Å². The Hall–Kier alpha value is -0.560. The molecule has 1 atom stereocenters. The Morgan fingerprint density at radius 3 is 2.80 bits per heavy atom. The second kappa shape index (κ2) is 3.79. The average molecular weight is 263 g/mol. The van der Waals surface area contributed by atoms with E-state index in [1.54, 1.807) is 16.7 Å². The van der Waals surface area contributed by atoms with E-state index < -0.39 is 0 Å². The number of aryl methyl sites for hydroxylation is 2. The molecule has 1 unspecified atom stereocenters. The molecule has 0 radical (unpaired) electrons. The summed E-state index contributed by atoms with van der Waals surface area (Å²) < 4.78 is 0. The summed E-state index contributed by atoms with van der Waals surface area (Å²) in [7, 11) is 0. The van der Waals surface area contributed by atoms with Gasteiger partial charge in [-0.25, -0.2) is 0 Å². The van der Waals surface area contributed by atoms with Crippen LogP contribution in [0, 0.1) is 0 Å². The Morgan fingerprint density at radius 2 is 2.00 bits per heavy atom. The first-order valence-electron chi connectivity index (χ1n) is 5.78. The van der Waals surface area contributed by atoms with Crippen LogP contribution in [0.2, 0.25) is 0 Å². The molecule has 15 heavy (non-hydrogen) atoms. The predicted octanol–water partition coefficient (Wildman–Crippen LogP) is 4.07. The number of hydrogen-bond donors (Lipinski definition) is 0. The normalized spacial score (nSPS) is 21.8. The maximum absolute atomic E-state index is 3.54. The van der Waals surface area contributed by atoms with Gasteiger partial charge in [-0.05, 0) is 47.9 Å². The first-order chi connectivity index (χ1) is 7.38. The fourth-order valence-corrected chi connectivity index (χ4v) is 3.31. The summed E-state index contributed by atoms with van der Waals surface area (Å²) in [5.74, 6) is 0.658. The monoisotopic (exact) mass is 262 g/mol. The van der Waals surface area contributed by atoms with E-state index in [1.165, 1.54) is 31.2 Å². The van der Waals surface area contributed by atoms with Gasteiger partial charge in [0.15, 0.2) is 0 Å². The quantitative estimate of drug-likeness (QED) is 0.705. The molecule has 0 saturated heterocycles. The Bertz CT molecular complexity index is 418. The summed E-state index contributed by atoms with van der Waals surface area (Å²) in [6.45, 7) is 0. The minimum Gasteiger partial charge on any atom is -0.0928 e. The van der Waals surface area contributed by atoms with Gasteiger partial charge in [0.2, 0.25) is 0 Å². The highest BCUT2D eigenvalue weighted by molar-refractivity contribution is 9.09. The molecule has 2 aliphatic rings. The largest absolute Gasteiger partial charge is 0.0928 e. The summed E-state index contributed by atoms with van der Waals surface area (Å²) in [6, 6.07) is 4.88. The zero-order chi connectivity index (χ0) is 10.3. The first-order valence-corrected chi connectivity index (χ1v) is 6.90. The molecule has 0 bridgehead atoms. The fourth-order valence-electron chi connectivity index (χ4n) is 2.82. The lowest BCUT2D eigenvalue weighted by Crippen LogP contribution is -1.96. The van der Waals surface area contributed by atoms with Crippen LogP contribution in [0.25, 0.3) is 6.08 Å². The molecule has 2 aliphatic carbocycles. The van der Waals surface area contributed by atoms with Crippen molar-refractivity contribution in [2.75, 3.05) is 5.33 Å². The maximum atomic E-state index is 3.54. The summed E-state index contributed by atoms with van der Waals surface area (Å²) >= 11 is 3.54. The Balaban J connectivity index is 2.02. The highest BCUT2D eigenvalue weighted by atomic mass is 79.9. The molecule has 3 rings (SSSR count). The lowest BCUT2D eigenvalue weighted by molar-refractivity contribution is 0.829. The summed E-state index contributed by atoms with van der Waals surface area (Å²) in [6.07, 6.45) is 9.83. The third kappa shape index (κ3) is 1.57. The van der Waals surface area contributed by atoms with Crippen molar-refractivity contribution in [2.24, 2.45) is 0 Å². The minimum atomic E-state index is 0.658. The standard InChI is InChI=1S/C14H15Br/c15-7-6-10-4-5-13-8-11-2-1-3-12(11)9-14(10)13/h4-5,8-10H,1-3,6-7H2. The van der Waals surface area contributed by atoms with Gasteiger partial charge in [-0.2, -0.15) is 0 Å². The third-order valence-corrected chi connectivity index (χ3v) is 4.08. The number of allylic oxidation sites excluding steroid dienone is 1. The van der Waals surface area contributed by atoms with Crippen LogP contribution < -0.4 is 0 Å². The Kier molecular flexibility index (Phi) is 2.44. The molecule has 0 N–H and O–H groups in total. The van der Waals surface area contributed by atoms with E-state index in [1.807, 2.05) is 0 Å². The molecule has 78 valence electrons. The first kappa shape index (κ1) is 9.65. The third-order valence-electron chi connectivity index (χ3n) is 3.63. The lowest BCUT2D eigenvalue weighted by Gasteiger charge is -2.11. The number of hydrogen-bond acceptors (Lipinski definition) is 0. The zero-order valence-corrected chi connectivity index (χ0v) is 10.4. The maximum Gasteiger partial charge on any atom is 0.00401 e. The van der Waals surface area contributed by atoms with Gasteiger partial charge < -0.3 is 0 Å². The minimum absolute atomic E-state index is 0.658. The van der Waals surface area contributed by atoms with Gasteiger partial charge in [-0.15, -0.1) is 0 Å². The fraction of sp³-hybridized carbons (Fsp3) is 0.429. The highest BCUT2D eigenvalue weighted by Crippen LogP contribution is 2.37. The number of alkyl halides is 1. The Labute approximate surface area is 99.5 Å². The van der Waals surface area contributed by atoms with E-state index in [-0.39, 0.29) is 0 Å². The molecule has 1 aromatic rings. The van der Waals surface area contributed by atoms with Crippen LogP contribution >= 0.6 is 15.9 Å². The second-order valence-electron chi connectivity index (χ2n) is 4.55. The van der Waals surface area contributed by atoms with Crippen LogP contribution in [-0.2, 0) is 12.8 Å². The number of halogens is 1. The molecule has 0 nitrogen and oxygen atoms in total. The van der Waals surface area contributed by atoms with E-state index in [2.05, 4.69) is 40.2 Å². The zero-order valence-electron chi connectivity index (χ0n) is 8.80. The van der Waals surface area contributed by atoms with Crippen molar-refractivity contribution in [2.45, 2.75) is 31.6 Å². The van der Waals surface area contributed by atoms with Gasteiger partial charge in [-0.3, -0.25) is 0 Å². The van der Waals surface area contributed by atoms with Gasteiger partial charge in [0.25, 0.3) is 0 Å². The van der Waals surface area contributed by atoms with E-state index in [0.717, 1.165) is 5.33 Å². The molecular formula is C14H15Br. The van der Waals surface area contributed by atoms with Crippen LogP contribution in [0.4, 0.5) is 0 Å². The van der Waals surface area contributed by atoms with Gasteiger partial charge in [0.1, 0.15) is 0 Å². The molecule has 0 spiro atoms. The Morgan fingerprint density at radius 1 is 1.20 bits per heavy atom. The molecule has 0 saturated carbocycles. The van der Waals surface area contributed by atoms with Crippen LogP contribution in [0.15, 0.2) is 18.2 Å². The number of benzene rings is 1. The predicted molar refractivity (Wildman–Crippen MR) is 68.7 cm³/mol. The van der Waals surface area contributed by atoms with Gasteiger partial charge in [0.05, 0.1) is 0 Å². The summed E-state index contributed by atoms with van der Waals surface area (Å²) in [4.78, 5) is 0. The molecule has 1 aromatic carbocycles. The molecule has 0 amide bonds. The van der Waals surface area contributed by atoms with Crippen molar-refractivity contribution < 1.29 is 0 Å². The lowest BCUT2D eigenvalue weighted by atomic mass is 9.94. The van der Waals surface area contributed by atoms with Gasteiger partial charge in [-0.1, -0.05) is 40.2 Å². The van der Waals surface area contributed by atoms with Crippen molar-refractivity contribution in [3.8, 4) is 0 Å². The summed E-state index contributed by atoms with van der Waals surface area (Å²) in [5, 5.41) is 1.10. The summed E-state index contributed by atoms with van der Waals surface area (Å²) in [5.41, 5.74) is 6.24. The van der Waals surface area contributed by atoms with Crippen LogP contribution in [0.5, 0.6) is 0 Å². The van der Waals surface area contributed by atoms with Crippen LogP contribution in [0.1, 0.15) is 41.0 Å². The van der Waals surface area contributed by atoms with Crippen molar-refractivity contribution in [1.82, 2.24) is 0 Å². The molecule has 0 aromatic heterocycles. The van der Waals surface area contributed by atoms with Crippen LogP contribution in [0.3, 0.4) is 0 Å². The SMILES string of the molecule is BrCCC1C=Cc2cc3c(cc21)CCC3. The molecule has 0 fully saturated rings. The van der Waals surface area contributed by atoms with E-state index in [9.17, 15) is 0 Å². The van der Waals surface area contributed by atoms with E-state index >= 15 is 0 Å². The second-order valence-corrected chi connectivity index (χ2v) is 5.34. The van der Waals surface area contributed by atoms with Crippen molar-refractivity contribution in [1.29, 1.82) is 0 Å². The highest BCUT2D eigenvalue weighted by Gasteiger charge is 2.20. The topological polar surface area (TPSA) is 0 Å². The molecule has 1 heteroatoms. The number of rotatable bonds is 2. The van der Waals surface area contributed by atoms with E-state index in [4.69, 9.17) is 0 Å². The number of fused-ring (bicyclic) bond motifs is 2. The average Bonchev–Trinajstić information content (AvgIpc) is 2.82. The molecule has 0 aliphatic heterocycles. The van der Waals surface area contributed by atoms with Gasteiger partial charge >= 0.3 is 0 Å². The van der Waals surface area contributed by atoms with Crippen LogP contribution in [-0.4, -0.2) is 5.33 Å². The van der Waals surface area contributed by atoms with Crippen molar-refractivity contribution in [3.05, 3.63) is 40.5 Å².